The molecule has 1 fully saturated rings. The molecule has 1 aliphatic rings. The molecule has 1 aliphatic heterocycles. The van der Waals surface area contributed by atoms with Crippen molar-refractivity contribution in [2.75, 3.05) is 15.9 Å². The fourth-order valence-electron chi connectivity index (χ4n) is 4.96. The summed E-state index contributed by atoms with van der Waals surface area (Å²) in [5.41, 5.74) is 6.76. The van der Waals surface area contributed by atoms with Crippen LogP contribution >= 0.6 is 12.2 Å². The first-order chi connectivity index (χ1) is 16.0. The minimum atomic E-state index is -3.37. The second kappa shape index (κ2) is 9.03. The highest BCUT2D eigenvalue weighted by Crippen LogP contribution is 2.44. The Hall–Kier alpha value is -2.91. The van der Waals surface area contributed by atoms with E-state index in [0.29, 0.717) is 16.8 Å². The summed E-state index contributed by atoms with van der Waals surface area (Å²) in [7, 11) is -3.37. The Kier molecular flexibility index (Phi) is 6.44. The summed E-state index contributed by atoms with van der Waals surface area (Å²) in [6.07, 6.45) is 2.95. The van der Waals surface area contributed by atoms with Gasteiger partial charge in [-0.25, -0.2) is 8.42 Å². The van der Waals surface area contributed by atoms with Gasteiger partial charge in [-0.1, -0.05) is 6.07 Å². The van der Waals surface area contributed by atoms with Gasteiger partial charge in [0.05, 0.1) is 29.7 Å². The Morgan fingerprint density at radius 2 is 1.85 bits per heavy atom. The fourth-order valence-corrected chi connectivity index (χ4v) is 5.93. The third-order valence-electron chi connectivity index (χ3n) is 6.24. The van der Waals surface area contributed by atoms with Crippen LogP contribution < -0.4 is 14.9 Å². The molecule has 7 nitrogen and oxygen atoms in total. The quantitative estimate of drug-likeness (QED) is 0.470. The van der Waals surface area contributed by atoms with E-state index < -0.39 is 10.0 Å². The van der Waals surface area contributed by atoms with Crippen LogP contribution in [-0.4, -0.2) is 29.3 Å². The molecule has 0 saturated carbocycles. The van der Waals surface area contributed by atoms with Gasteiger partial charge in [-0.2, -0.15) is 0 Å². The Labute approximate surface area is 207 Å². The Morgan fingerprint density at radius 3 is 2.41 bits per heavy atom. The van der Waals surface area contributed by atoms with Crippen molar-refractivity contribution in [2.24, 2.45) is 0 Å². The van der Waals surface area contributed by atoms with Gasteiger partial charge in [-0.3, -0.25) is 9.71 Å². The summed E-state index contributed by atoms with van der Waals surface area (Å²) in [6, 6.07) is 13.9. The van der Waals surface area contributed by atoms with E-state index in [4.69, 9.17) is 12.2 Å². The number of anilines is 2. The SMILES string of the molecule is Cc1cc(N2C(=S)N[C@H](c3ccccn3)[C@@H]2c2cc(C)n(C(C)C)c2C)ccc1NS(C)(=O)=O. The minimum absolute atomic E-state index is 0.116. The van der Waals surface area contributed by atoms with Crippen LogP contribution in [0.5, 0.6) is 0 Å². The number of nitrogens with zero attached hydrogens (tertiary/aromatic N) is 3. The van der Waals surface area contributed by atoms with Crippen molar-refractivity contribution in [3.8, 4) is 0 Å². The van der Waals surface area contributed by atoms with E-state index in [9.17, 15) is 8.42 Å². The lowest BCUT2D eigenvalue weighted by Gasteiger charge is -2.29. The average molecular weight is 498 g/mol. The van der Waals surface area contributed by atoms with E-state index in [1.165, 1.54) is 17.0 Å². The topological polar surface area (TPSA) is 79.3 Å². The fraction of sp³-hybridized carbons (Fsp3) is 0.360. The summed E-state index contributed by atoms with van der Waals surface area (Å²) < 4.78 is 28.4. The minimum Gasteiger partial charge on any atom is -0.351 e. The number of pyridine rings is 1. The van der Waals surface area contributed by atoms with Gasteiger partial charge in [0, 0.05) is 29.3 Å². The van der Waals surface area contributed by atoms with E-state index in [0.717, 1.165) is 23.2 Å². The predicted octanol–water partition coefficient (Wildman–Crippen LogP) is 4.94. The molecule has 1 aromatic carbocycles. The van der Waals surface area contributed by atoms with Gasteiger partial charge in [0.15, 0.2) is 5.11 Å². The highest BCUT2D eigenvalue weighted by Gasteiger charge is 2.42. The average Bonchev–Trinajstić information content (AvgIpc) is 3.24. The normalized spacial score (nSPS) is 18.4. The van der Waals surface area contributed by atoms with Crippen LogP contribution in [0.1, 0.15) is 60.2 Å². The largest absolute Gasteiger partial charge is 0.351 e. The van der Waals surface area contributed by atoms with E-state index in [-0.39, 0.29) is 12.1 Å². The van der Waals surface area contributed by atoms with Crippen molar-refractivity contribution < 1.29 is 8.42 Å². The number of benzene rings is 1. The number of sulfonamides is 1. The van der Waals surface area contributed by atoms with Crippen LogP contribution in [0.3, 0.4) is 0 Å². The molecule has 180 valence electrons. The van der Waals surface area contributed by atoms with Gasteiger partial charge in [-0.15, -0.1) is 0 Å². The zero-order valence-electron chi connectivity index (χ0n) is 20.3. The molecule has 4 rings (SSSR count). The molecule has 3 heterocycles. The van der Waals surface area contributed by atoms with Crippen molar-refractivity contribution in [3.05, 3.63) is 76.9 Å². The number of aryl methyl sites for hydroxylation is 2. The van der Waals surface area contributed by atoms with Crippen LogP contribution in [0.4, 0.5) is 11.4 Å². The van der Waals surface area contributed by atoms with Crippen LogP contribution in [0.15, 0.2) is 48.7 Å². The molecule has 9 heteroatoms. The van der Waals surface area contributed by atoms with E-state index in [2.05, 4.69) is 58.3 Å². The van der Waals surface area contributed by atoms with Crippen molar-refractivity contribution in [1.29, 1.82) is 0 Å². The number of hydrogen-bond acceptors (Lipinski definition) is 4. The number of hydrogen-bond donors (Lipinski definition) is 2. The summed E-state index contributed by atoms with van der Waals surface area (Å²) in [5, 5.41) is 4.11. The van der Waals surface area contributed by atoms with Gasteiger partial charge in [0.2, 0.25) is 10.0 Å². The Balaban J connectivity index is 1.85. The third-order valence-corrected chi connectivity index (χ3v) is 7.15. The molecule has 2 aromatic heterocycles. The molecule has 2 atom stereocenters. The first-order valence-corrected chi connectivity index (χ1v) is 13.6. The second-order valence-corrected chi connectivity index (χ2v) is 11.3. The molecule has 0 radical (unpaired) electrons. The molecule has 0 bridgehead atoms. The maximum atomic E-state index is 11.7. The van der Waals surface area contributed by atoms with Crippen LogP contribution in [0.2, 0.25) is 0 Å². The molecule has 0 spiro atoms. The molecule has 2 N–H and O–H groups in total. The van der Waals surface area contributed by atoms with Crippen molar-refractivity contribution in [2.45, 2.75) is 52.7 Å². The number of nitrogens with one attached hydrogen (secondary N) is 2. The van der Waals surface area contributed by atoms with E-state index in [1.807, 2.05) is 37.3 Å². The van der Waals surface area contributed by atoms with Crippen molar-refractivity contribution in [1.82, 2.24) is 14.9 Å². The van der Waals surface area contributed by atoms with E-state index >= 15 is 0 Å². The van der Waals surface area contributed by atoms with Gasteiger partial charge in [0.25, 0.3) is 0 Å². The molecule has 34 heavy (non-hydrogen) atoms. The van der Waals surface area contributed by atoms with Crippen molar-refractivity contribution >= 4 is 38.7 Å². The van der Waals surface area contributed by atoms with E-state index in [1.54, 1.807) is 12.3 Å². The molecule has 3 aromatic rings. The third kappa shape index (κ3) is 4.54. The molecule has 0 unspecified atom stereocenters. The van der Waals surface area contributed by atoms with Crippen LogP contribution in [-0.2, 0) is 10.0 Å². The molecule has 1 saturated heterocycles. The summed E-state index contributed by atoms with van der Waals surface area (Å²) in [6.45, 7) is 10.5. The van der Waals surface area contributed by atoms with Crippen LogP contribution in [0, 0.1) is 20.8 Å². The lowest BCUT2D eigenvalue weighted by Crippen LogP contribution is -2.29. The van der Waals surface area contributed by atoms with Gasteiger partial charge in [0.1, 0.15) is 0 Å². The molecule has 0 aliphatic carbocycles. The predicted molar refractivity (Wildman–Crippen MR) is 142 cm³/mol. The van der Waals surface area contributed by atoms with Gasteiger partial charge >= 0.3 is 0 Å². The lowest BCUT2D eigenvalue weighted by molar-refractivity contribution is 0.547. The second-order valence-electron chi connectivity index (χ2n) is 9.16. The monoisotopic (exact) mass is 497 g/mol. The molecule has 0 amide bonds. The number of thiocarbonyl (C=S) groups is 1. The summed E-state index contributed by atoms with van der Waals surface area (Å²) >= 11 is 5.84. The summed E-state index contributed by atoms with van der Waals surface area (Å²) in [5.74, 6) is 0. The van der Waals surface area contributed by atoms with Crippen molar-refractivity contribution in [3.63, 3.8) is 0 Å². The first kappa shape index (κ1) is 24.2. The lowest BCUT2D eigenvalue weighted by atomic mass is 9.96. The first-order valence-electron chi connectivity index (χ1n) is 11.3. The highest BCUT2D eigenvalue weighted by molar-refractivity contribution is 7.92. The smallest absolute Gasteiger partial charge is 0.229 e. The molecular weight excluding hydrogens is 466 g/mol. The number of aromatic nitrogens is 2. The maximum Gasteiger partial charge on any atom is 0.229 e. The maximum absolute atomic E-state index is 11.7. The molecular formula is C25H31N5O2S2. The summed E-state index contributed by atoms with van der Waals surface area (Å²) in [4.78, 5) is 6.76. The standard InChI is InChI=1S/C25H31N5O2S2/c1-15(2)29-17(4)14-20(18(29)5)24-23(22-9-7-8-12-26-22)27-25(33)30(24)19-10-11-21(16(3)13-19)28-34(6,31)32/h7-15,23-24,28H,1-6H3,(H,27,33)/t23-,24+/m1/s1. The zero-order valence-corrected chi connectivity index (χ0v) is 22.0. The number of rotatable bonds is 6. The zero-order chi connectivity index (χ0) is 24.8. The van der Waals surface area contributed by atoms with Gasteiger partial charge in [-0.05, 0) is 94.4 Å². The highest BCUT2D eigenvalue weighted by atomic mass is 32.2. The van der Waals surface area contributed by atoms with Gasteiger partial charge < -0.3 is 14.8 Å². The Bertz CT molecular complexity index is 1330. The van der Waals surface area contributed by atoms with Crippen LogP contribution in [0.25, 0.3) is 0 Å². The Morgan fingerprint density at radius 1 is 1.12 bits per heavy atom.